The molecule has 0 aromatic heterocycles. The highest BCUT2D eigenvalue weighted by Crippen LogP contribution is 2.18. The number of hydrogen-bond donors (Lipinski definition) is 2. The topological polar surface area (TPSA) is 75.6 Å². The summed E-state index contributed by atoms with van der Waals surface area (Å²) < 4.78 is 4.97. The third-order valence-electron chi connectivity index (χ3n) is 2.88. The number of aliphatic hydroxyl groups is 1. The number of benzene rings is 1. The molecule has 0 radical (unpaired) electrons. The number of nitrogens with one attached hydrogen (secondary N) is 1. The molecule has 1 fully saturated rings. The van der Waals surface area contributed by atoms with Crippen molar-refractivity contribution in [1.29, 1.82) is 0 Å². The van der Waals surface area contributed by atoms with Gasteiger partial charge in [0.1, 0.15) is 6.10 Å². The van der Waals surface area contributed by atoms with E-state index in [4.69, 9.17) is 4.74 Å². The van der Waals surface area contributed by atoms with Crippen molar-refractivity contribution in [3.63, 3.8) is 0 Å². The zero-order valence-corrected chi connectivity index (χ0v) is 10.00. The number of carbonyl (C=O) groups is 2. The maximum atomic E-state index is 11.9. The van der Waals surface area contributed by atoms with Gasteiger partial charge in [0.2, 0.25) is 0 Å². The Hall–Kier alpha value is -1.88. The Balaban J connectivity index is 2.05. The second kappa shape index (κ2) is 5.18. The number of esters is 1. The van der Waals surface area contributed by atoms with E-state index in [0.29, 0.717) is 5.56 Å². The van der Waals surface area contributed by atoms with Crippen LogP contribution in [0.3, 0.4) is 0 Å². The Labute approximate surface area is 105 Å². The molecule has 0 saturated carbocycles. The summed E-state index contributed by atoms with van der Waals surface area (Å²) in [7, 11) is 0. The highest BCUT2D eigenvalue weighted by molar-refractivity contribution is 5.94. The van der Waals surface area contributed by atoms with Gasteiger partial charge in [0.15, 0.2) is 0 Å². The van der Waals surface area contributed by atoms with Crippen LogP contribution in [0.2, 0.25) is 0 Å². The largest absolute Gasteiger partial charge is 0.457 e. The van der Waals surface area contributed by atoms with E-state index in [9.17, 15) is 14.7 Å². The van der Waals surface area contributed by atoms with E-state index in [1.165, 1.54) is 6.92 Å². The number of aliphatic hydroxyl groups excluding tert-OH is 1. The number of carbonyl (C=O) groups excluding carboxylic acids is 2. The second-order valence-corrected chi connectivity index (χ2v) is 4.35. The van der Waals surface area contributed by atoms with Gasteiger partial charge >= 0.3 is 5.97 Å². The normalized spacial score (nSPS) is 24.4. The fourth-order valence-corrected chi connectivity index (χ4v) is 1.99. The van der Waals surface area contributed by atoms with Crippen LogP contribution in [-0.2, 0) is 9.53 Å². The predicted octanol–water partition coefficient (Wildman–Crippen LogP) is 0.481. The molecule has 1 amide bonds. The first-order valence-corrected chi connectivity index (χ1v) is 5.81. The summed E-state index contributed by atoms with van der Waals surface area (Å²) >= 11 is 0. The van der Waals surface area contributed by atoms with E-state index < -0.39 is 24.2 Å². The zero-order chi connectivity index (χ0) is 13.1. The minimum Gasteiger partial charge on any atom is -0.457 e. The predicted molar refractivity (Wildman–Crippen MR) is 63.9 cm³/mol. The van der Waals surface area contributed by atoms with Gasteiger partial charge in [-0.2, -0.15) is 0 Å². The maximum Gasteiger partial charge on any atom is 0.308 e. The minimum atomic E-state index is -0.808. The average molecular weight is 249 g/mol. The van der Waals surface area contributed by atoms with Crippen LogP contribution in [-0.4, -0.2) is 35.2 Å². The number of cyclic esters (lactones) is 1. The van der Waals surface area contributed by atoms with E-state index in [-0.39, 0.29) is 12.3 Å². The molecule has 1 aromatic carbocycles. The molecule has 0 spiro atoms. The van der Waals surface area contributed by atoms with E-state index >= 15 is 0 Å². The zero-order valence-electron chi connectivity index (χ0n) is 10.00. The van der Waals surface area contributed by atoms with Gasteiger partial charge in [0.25, 0.3) is 5.91 Å². The molecule has 18 heavy (non-hydrogen) atoms. The molecule has 1 heterocycles. The highest BCUT2D eigenvalue weighted by Gasteiger charge is 2.38. The standard InChI is InChI=1S/C13H15NO4/c1-8(15)12-10(7-11(16)18-12)14-13(17)9-5-3-2-4-6-9/h2-6,8,10,12,15H,7H2,1H3,(H,14,17)/t8-,10+,12-/m1/s1. The second-order valence-electron chi connectivity index (χ2n) is 4.35. The Kier molecular flexibility index (Phi) is 3.62. The van der Waals surface area contributed by atoms with E-state index in [1.54, 1.807) is 24.3 Å². The van der Waals surface area contributed by atoms with Crippen molar-refractivity contribution in [2.75, 3.05) is 0 Å². The first-order chi connectivity index (χ1) is 8.58. The molecule has 1 aliphatic heterocycles. The summed E-state index contributed by atoms with van der Waals surface area (Å²) in [6, 6.07) is 8.23. The van der Waals surface area contributed by atoms with Crippen molar-refractivity contribution in [3.8, 4) is 0 Å². The number of ether oxygens (including phenoxy) is 1. The molecule has 1 aliphatic rings. The van der Waals surface area contributed by atoms with Crippen LogP contribution >= 0.6 is 0 Å². The van der Waals surface area contributed by atoms with Crippen molar-refractivity contribution in [3.05, 3.63) is 35.9 Å². The molecule has 1 saturated heterocycles. The molecule has 0 aliphatic carbocycles. The van der Waals surface area contributed by atoms with Crippen LogP contribution in [0.15, 0.2) is 30.3 Å². The fraction of sp³-hybridized carbons (Fsp3) is 0.385. The third kappa shape index (κ3) is 2.68. The summed E-state index contributed by atoms with van der Waals surface area (Å²) in [5, 5.41) is 12.2. The Morgan fingerprint density at radius 2 is 2.11 bits per heavy atom. The van der Waals surface area contributed by atoms with E-state index in [0.717, 1.165) is 0 Å². The lowest BCUT2D eigenvalue weighted by atomic mass is 10.1. The molecule has 0 bridgehead atoms. The molecular weight excluding hydrogens is 234 g/mol. The van der Waals surface area contributed by atoms with Gasteiger partial charge in [-0.05, 0) is 19.1 Å². The van der Waals surface area contributed by atoms with Crippen molar-refractivity contribution >= 4 is 11.9 Å². The van der Waals surface area contributed by atoms with Gasteiger partial charge < -0.3 is 15.2 Å². The van der Waals surface area contributed by atoms with Crippen molar-refractivity contribution in [2.24, 2.45) is 0 Å². The van der Waals surface area contributed by atoms with Crippen LogP contribution in [0, 0.1) is 0 Å². The Bertz CT molecular complexity index is 444. The minimum absolute atomic E-state index is 0.0914. The summed E-state index contributed by atoms with van der Waals surface area (Å²) in [4.78, 5) is 23.1. The quantitative estimate of drug-likeness (QED) is 0.764. The van der Waals surface area contributed by atoms with Crippen LogP contribution < -0.4 is 5.32 Å². The Morgan fingerprint density at radius 3 is 2.72 bits per heavy atom. The molecule has 5 nitrogen and oxygen atoms in total. The number of hydrogen-bond acceptors (Lipinski definition) is 4. The molecular formula is C13H15NO4. The van der Waals surface area contributed by atoms with Gasteiger partial charge in [0.05, 0.1) is 18.6 Å². The van der Waals surface area contributed by atoms with Crippen molar-refractivity contribution in [2.45, 2.75) is 31.6 Å². The fourth-order valence-electron chi connectivity index (χ4n) is 1.99. The smallest absolute Gasteiger partial charge is 0.308 e. The summed E-state index contributed by atoms with van der Waals surface area (Å²) in [5.41, 5.74) is 0.515. The van der Waals surface area contributed by atoms with Gasteiger partial charge in [-0.25, -0.2) is 0 Å². The van der Waals surface area contributed by atoms with Crippen molar-refractivity contribution < 1.29 is 19.4 Å². The molecule has 2 N–H and O–H groups in total. The number of rotatable bonds is 3. The average Bonchev–Trinajstić information content (AvgIpc) is 2.71. The molecule has 0 unspecified atom stereocenters. The van der Waals surface area contributed by atoms with E-state index in [2.05, 4.69) is 5.32 Å². The van der Waals surface area contributed by atoms with Gasteiger partial charge in [0, 0.05) is 5.56 Å². The summed E-state index contributed by atoms with van der Waals surface area (Å²) in [5.74, 6) is -0.677. The van der Waals surface area contributed by atoms with Gasteiger partial charge in [-0.3, -0.25) is 9.59 Å². The monoisotopic (exact) mass is 249 g/mol. The molecule has 1 aromatic rings. The third-order valence-corrected chi connectivity index (χ3v) is 2.88. The lowest BCUT2D eigenvalue weighted by molar-refractivity contribution is -0.145. The van der Waals surface area contributed by atoms with Crippen molar-refractivity contribution in [1.82, 2.24) is 5.32 Å². The SMILES string of the molecule is C[C@@H](O)[C@H]1OC(=O)C[C@@H]1NC(=O)c1ccccc1. The van der Waals surface area contributed by atoms with Crippen LogP contribution in [0.5, 0.6) is 0 Å². The highest BCUT2D eigenvalue weighted by atomic mass is 16.6. The first kappa shape index (κ1) is 12.6. The molecule has 3 atom stereocenters. The van der Waals surface area contributed by atoms with E-state index in [1.807, 2.05) is 6.07 Å². The van der Waals surface area contributed by atoms with Gasteiger partial charge in [-0.15, -0.1) is 0 Å². The summed E-state index contributed by atoms with van der Waals surface area (Å²) in [6.45, 7) is 1.53. The Morgan fingerprint density at radius 1 is 1.44 bits per heavy atom. The lowest BCUT2D eigenvalue weighted by Crippen LogP contribution is -2.44. The van der Waals surface area contributed by atoms with Gasteiger partial charge in [-0.1, -0.05) is 18.2 Å². The lowest BCUT2D eigenvalue weighted by Gasteiger charge is -2.20. The molecule has 2 rings (SSSR count). The van der Waals surface area contributed by atoms with Crippen LogP contribution in [0.4, 0.5) is 0 Å². The first-order valence-electron chi connectivity index (χ1n) is 5.81. The maximum absolute atomic E-state index is 11.9. The molecule has 96 valence electrons. The summed E-state index contributed by atoms with van der Waals surface area (Å²) in [6.07, 6.45) is -1.39. The molecule has 5 heteroatoms. The van der Waals surface area contributed by atoms with Crippen LogP contribution in [0.1, 0.15) is 23.7 Å². The number of amides is 1. The van der Waals surface area contributed by atoms with Crippen LogP contribution in [0.25, 0.3) is 0 Å².